The molecule has 6 aromatic heterocycles. The standard InChI is InChI=1S/C30H31N5O7.C26H22N4O6.C23H25NO2.C2H6.2CH4/c1-14-24(15(2)42-35-14)21-11-22-20(12-23(21)39-4)25-26(32-16(3)33-29(25)34-22)18-5-6-19(28-27(18)40-9-10-41-28)30(38)31-8-7-17(37)13-36;1-12-21(13(2)36-30-12)17-9-18-16(10-20(17)32-4)22-23(27-14(3)28-26(22)29-18)15-5-6-19(35-11-31)25-24(15)33-7-8-34-25;24-17-16-22(25)18-26-23(19-10-4-1-5-11-19,20-12-6-2-7-13-20)21-14-8-3-9-15-21;1-2;;/h5-6,11-12,17,36-37H,7-10,13H2,1-4H3,(H,31,38)(H,32,33,34);5-6,9-11H,7-8H2,1-4H3,(H,27,28,29);1-15,22,25H,16-18,24H2;1-2H3;2*1H4/t17-;;22-;;;/m0.0.../s1. The van der Waals surface area contributed by atoms with E-state index in [1.165, 1.54) is 0 Å². The lowest BCUT2D eigenvalue weighted by Gasteiger charge is -2.36. The van der Waals surface area contributed by atoms with Crippen LogP contribution in [-0.4, -0.2) is 147 Å². The number of hydrogen-bond acceptors (Lipinski definition) is 22. The number of methoxy groups -OCH3 is 2. The minimum Gasteiger partial charge on any atom is -0.496 e. The molecule has 13 aromatic rings. The Hall–Kier alpha value is -11.7. The molecule has 2 aliphatic heterocycles. The summed E-state index contributed by atoms with van der Waals surface area (Å²) in [6.45, 7) is 17.3. The third kappa shape index (κ3) is 15.7. The van der Waals surface area contributed by atoms with E-state index in [4.69, 9.17) is 67.7 Å². The van der Waals surface area contributed by atoms with E-state index < -0.39 is 17.8 Å². The van der Waals surface area contributed by atoms with Crippen molar-refractivity contribution < 1.29 is 71.8 Å². The molecule has 0 saturated carbocycles. The summed E-state index contributed by atoms with van der Waals surface area (Å²) in [6, 6.07) is 45.3. The van der Waals surface area contributed by atoms with Gasteiger partial charge in [0.2, 0.25) is 5.75 Å². The van der Waals surface area contributed by atoms with Crippen molar-refractivity contribution >= 4 is 56.3 Å². The fraction of sp³-hybridized carbons (Fsp3) is 0.301. The molecule has 0 unspecified atom stereocenters. The van der Waals surface area contributed by atoms with E-state index in [1.54, 1.807) is 32.4 Å². The summed E-state index contributed by atoms with van der Waals surface area (Å²) in [5.74, 6) is 5.33. The van der Waals surface area contributed by atoms with E-state index in [9.17, 15) is 19.8 Å². The number of amides is 1. The van der Waals surface area contributed by atoms with Crippen LogP contribution in [0.1, 0.15) is 103 Å². The van der Waals surface area contributed by atoms with Gasteiger partial charge in [0.25, 0.3) is 12.4 Å². The van der Waals surface area contributed by atoms with Crippen LogP contribution in [0.5, 0.6) is 40.2 Å². The number of aliphatic hydroxyl groups is 3. The van der Waals surface area contributed by atoms with Crippen molar-refractivity contribution in [1.82, 2.24) is 45.5 Å². The second-order valence-electron chi connectivity index (χ2n) is 24.9. The van der Waals surface area contributed by atoms with Crippen molar-refractivity contribution in [3.63, 3.8) is 0 Å². The number of H-pyrrole nitrogens is 2. The van der Waals surface area contributed by atoms with Crippen LogP contribution in [0.4, 0.5) is 0 Å². The first-order valence-electron chi connectivity index (χ1n) is 34.9. The second kappa shape index (κ2) is 35.1. The summed E-state index contributed by atoms with van der Waals surface area (Å²) in [5.41, 5.74) is 18.8. The Morgan fingerprint density at radius 3 is 1.44 bits per heavy atom. The van der Waals surface area contributed by atoms with Crippen molar-refractivity contribution in [3.05, 3.63) is 196 Å². The fourth-order valence-electron chi connectivity index (χ4n) is 13.5. The van der Waals surface area contributed by atoms with Crippen LogP contribution in [0.25, 0.3) is 88.6 Å². The molecule has 8 heterocycles. The number of nitrogens with zero attached hydrogens (tertiary/aromatic N) is 6. The number of aromatic amines is 2. The number of rotatable bonds is 21. The highest BCUT2D eigenvalue weighted by atomic mass is 16.6. The molecular formula is C83H92N10O15. The number of aromatic nitrogens is 8. The number of ether oxygens (including phenoxy) is 8. The lowest BCUT2D eigenvalue weighted by Crippen LogP contribution is -2.36. The lowest BCUT2D eigenvalue weighted by molar-refractivity contribution is -0.120. The highest BCUT2D eigenvalue weighted by Crippen LogP contribution is 2.51. The maximum absolute atomic E-state index is 13.0. The number of carbonyl (C=O) groups excluding carboxylic acids is 2. The molecule has 2 atom stereocenters. The monoisotopic (exact) mass is 1470 g/mol. The first kappa shape index (κ1) is 78.8. The van der Waals surface area contributed by atoms with E-state index >= 15 is 0 Å². The van der Waals surface area contributed by atoms with Crippen LogP contribution in [0.15, 0.2) is 149 Å². The molecule has 108 heavy (non-hydrogen) atoms. The number of aliphatic hydroxyl groups excluding tert-OH is 3. The van der Waals surface area contributed by atoms with Crippen LogP contribution in [0.2, 0.25) is 0 Å². The first-order valence-corrected chi connectivity index (χ1v) is 34.9. The van der Waals surface area contributed by atoms with E-state index in [-0.39, 0.29) is 59.3 Å². The van der Waals surface area contributed by atoms with E-state index in [0.717, 1.165) is 82.9 Å². The average Bonchev–Trinajstić information content (AvgIpc) is 1.37. The minimum absolute atomic E-state index is 0. The van der Waals surface area contributed by atoms with Crippen LogP contribution < -0.4 is 44.2 Å². The molecule has 564 valence electrons. The molecule has 0 saturated heterocycles. The molecule has 0 bridgehead atoms. The van der Waals surface area contributed by atoms with Crippen molar-refractivity contribution in [2.24, 2.45) is 5.73 Å². The predicted molar refractivity (Wildman–Crippen MR) is 415 cm³/mol. The Morgan fingerprint density at radius 1 is 0.574 bits per heavy atom. The third-order valence-electron chi connectivity index (χ3n) is 18.1. The van der Waals surface area contributed by atoms with Gasteiger partial charge in [-0.1, -0.05) is 130 Å². The van der Waals surface area contributed by atoms with Gasteiger partial charge in [0.05, 0.1) is 89.9 Å². The zero-order valence-corrected chi connectivity index (χ0v) is 60.6. The molecule has 0 aliphatic carbocycles. The molecule has 0 spiro atoms. The highest BCUT2D eigenvalue weighted by Gasteiger charge is 2.38. The van der Waals surface area contributed by atoms with Crippen LogP contribution in [0, 0.1) is 41.5 Å². The van der Waals surface area contributed by atoms with Crippen molar-refractivity contribution in [3.8, 4) is 85.0 Å². The van der Waals surface area contributed by atoms with Gasteiger partial charge < -0.3 is 83.3 Å². The van der Waals surface area contributed by atoms with Crippen LogP contribution in [0.3, 0.4) is 0 Å². The highest BCUT2D eigenvalue weighted by molar-refractivity contribution is 6.16. The predicted octanol–water partition coefficient (Wildman–Crippen LogP) is 14.3. The first-order chi connectivity index (χ1) is 51.6. The summed E-state index contributed by atoms with van der Waals surface area (Å²) in [5, 5.41) is 43.2. The molecule has 8 N–H and O–H groups in total. The van der Waals surface area contributed by atoms with Crippen LogP contribution in [-0.2, 0) is 15.1 Å². The molecule has 0 fully saturated rings. The van der Waals surface area contributed by atoms with Gasteiger partial charge in [0, 0.05) is 50.6 Å². The summed E-state index contributed by atoms with van der Waals surface area (Å²) >= 11 is 0. The van der Waals surface area contributed by atoms with E-state index in [2.05, 4.69) is 72.0 Å². The fourth-order valence-corrected chi connectivity index (χ4v) is 13.5. The van der Waals surface area contributed by atoms with Gasteiger partial charge in [-0.25, -0.2) is 19.9 Å². The molecule has 15 rings (SSSR count). The number of nitrogens with one attached hydrogen (secondary N) is 3. The topological polar surface area (TPSA) is 342 Å². The molecule has 25 nitrogen and oxygen atoms in total. The SMILES string of the molecule is C.C.CC.COc1cc2c(cc1-c1c(C)noc1C)[nH]c1nc(C)nc(-c3ccc(C(=O)NCC[C@H](O)CO)c4c3OCCO4)c12.COc1cc2c(cc1-c1c(C)noc1C)[nH]c1nc(C)nc(-c3ccc(OC=O)c4c3OCCO4)c12.NCC[C@H](O)COC(c1ccccc1)(c1ccccc1)c1ccccc1. The number of carbonyl (C=O) groups is 2. The molecule has 2 aliphatic rings. The molecule has 0 radical (unpaired) electrons. The molecule has 25 heteroatoms. The summed E-state index contributed by atoms with van der Waals surface area (Å²) in [4.78, 5) is 49.9. The van der Waals surface area contributed by atoms with E-state index in [0.29, 0.717) is 136 Å². The Bertz CT molecular complexity index is 5140. The van der Waals surface area contributed by atoms with Crippen molar-refractivity contribution in [2.75, 3.05) is 67.0 Å². The Morgan fingerprint density at radius 2 is 1.02 bits per heavy atom. The Balaban J connectivity index is 0.000000174. The maximum Gasteiger partial charge on any atom is 0.298 e. The maximum atomic E-state index is 13.0. The molecule has 7 aromatic carbocycles. The zero-order valence-electron chi connectivity index (χ0n) is 60.6. The quantitative estimate of drug-likeness (QED) is 0.0259. The van der Waals surface area contributed by atoms with Gasteiger partial charge in [-0.15, -0.1) is 0 Å². The van der Waals surface area contributed by atoms with Gasteiger partial charge in [-0.2, -0.15) is 0 Å². The summed E-state index contributed by atoms with van der Waals surface area (Å²) in [7, 11) is 3.25. The van der Waals surface area contributed by atoms with Crippen molar-refractivity contribution in [1.29, 1.82) is 0 Å². The Kier molecular flexibility index (Phi) is 25.6. The van der Waals surface area contributed by atoms with Crippen molar-refractivity contribution in [2.45, 2.75) is 101 Å². The van der Waals surface area contributed by atoms with E-state index in [1.807, 2.05) is 140 Å². The number of fused-ring (bicyclic) bond motifs is 8. The normalized spacial score (nSPS) is 12.6. The summed E-state index contributed by atoms with van der Waals surface area (Å²) < 4.78 is 57.8. The second-order valence-corrected chi connectivity index (χ2v) is 24.9. The number of hydrogen-bond donors (Lipinski definition) is 7. The zero-order chi connectivity index (χ0) is 74.8. The van der Waals surface area contributed by atoms with Gasteiger partial charge in [-0.05, 0) is 126 Å². The lowest BCUT2D eigenvalue weighted by atomic mass is 9.80. The minimum atomic E-state index is -0.903. The van der Waals surface area contributed by atoms with Gasteiger partial charge in [0.1, 0.15) is 78.0 Å². The third-order valence-corrected chi connectivity index (χ3v) is 18.1. The molecular weight excluding hydrogens is 1380 g/mol. The smallest absolute Gasteiger partial charge is 0.298 e. The number of benzene rings is 7. The van der Waals surface area contributed by atoms with Crippen LogP contribution >= 0.6 is 0 Å². The largest absolute Gasteiger partial charge is 0.496 e. The number of nitrogens with two attached hydrogens (primary N) is 1. The number of aryl methyl sites for hydroxylation is 6. The summed E-state index contributed by atoms with van der Waals surface area (Å²) in [6.07, 6.45) is -0.774. The Labute approximate surface area is 625 Å². The van der Waals surface area contributed by atoms with Gasteiger partial charge in [-0.3, -0.25) is 9.59 Å². The van der Waals surface area contributed by atoms with Gasteiger partial charge in [0.15, 0.2) is 23.0 Å². The average molecular weight is 1470 g/mol. The molecule has 1 amide bonds. The van der Waals surface area contributed by atoms with Gasteiger partial charge >= 0.3 is 0 Å².